The van der Waals surface area contributed by atoms with Gasteiger partial charge in [0, 0.05) is 50.6 Å². The predicted molar refractivity (Wildman–Crippen MR) is 114 cm³/mol. The minimum Gasteiger partial charge on any atom is -0.445 e. The first kappa shape index (κ1) is 22.4. The number of carbonyl (C=O) groups is 2. The van der Waals surface area contributed by atoms with Crippen LogP contribution in [0.4, 0.5) is 10.5 Å². The molecule has 2 aliphatic rings. The first-order valence-electron chi connectivity index (χ1n) is 10.0. The summed E-state index contributed by atoms with van der Waals surface area (Å²) in [5.74, 6) is 0.365. The Hall–Kier alpha value is -2.33. The van der Waals surface area contributed by atoms with E-state index in [4.69, 9.17) is 4.74 Å². The molecule has 1 aromatic rings. The molecule has 1 aromatic carbocycles. The van der Waals surface area contributed by atoms with Gasteiger partial charge in [-0.3, -0.25) is 19.8 Å². The summed E-state index contributed by atoms with van der Waals surface area (Å²) >= 11 is 4.49. The van der Waals surface area contributed by atoms with E-state index in [-0.39, 0.29) is 35.4 Å². The average molecular weight is 437 g/mol. The third-order valence-electron chi connectivity index (χ3n) is 5.76. The highest BCUT2D eigenvalue weighted by atomic mass is 32.1. The van der Waals surface area contributed by atoms with Crippen molar-refractivity contribution in [2.45, 2.75) is 30.7 Å². The number of likely N-dealkylation sites (tertiary alicyclic amines) is 2. The largest absolute Gasteiger partial charge is 0.445 e. The van der Waals surface area contributed by atoms with Gasteiger partial charge in [0.05, 0.1) is 11.0 Å². The van der Waals surface area contributed by atoms with E-state index in [1.54, 1.807) is 19.2 Å². The number of thiol groups is 1. The highest BCUT2D eigenvalue weighted by Gasteiger charge is 2.38. The zero-order valence-corrected chi connectivity index (χ0v) is 18.2. The molecule has 2 heterocycles. The number of benzene rings is 1. The number of nitro benzene ring substituents is 1. The van der Waals surface area contributed by atoms with Gasteiger partial charge in [-0.2, -0.15) is 12.6 Å². The van der Waals surface area contributed by atoms with E-state index in [9.17, 15) is 19.7 Å². The molecule has 0 N–H and O–H groups in total. The highest BCUT2D eigenvalue weighted by molar-refractivity contribution is 7.81. The maximum Gasteiger partial charge on any atom is 0.409 e. The first-order valence-corrected chi connectivity index (χ1v) is 10.5. The first-order chi connectivity index (χ1) is 14.2. The Bertz CT molecular complexity index is 790. The molecule has 2 fully saturated rings. The van der Waals surface area contributed by atoms with Gasteiger partial charge in [0.15, 0.2) is 0 Å². The molecule has 30 heavy (non-hydrogen) atoms. The van der Waals surface area contributed by atoms with E-state index in [0.29, 0.717) is 25.2 Å². The third-order valence-corrected chi connectivity index (χ3v) is 6.14. The molecule has 2 amide bonds. The monoisotopic (exact) mass is 436 g/mol. The third kappa shape index (κ3) is 5.42. The van der Waals surface area contributed by atoms with E-state index < -0.39 is 11.0 Å². The normalized spacial score (nSPS) is 24.1. The Morgan fingerprint density at radius 1 is 1.30 bits per heavy atom. The molecule has 0 aromatic heterocycles. The zero-order valence-electron chi connectivity index (χ0n) is 17.3. The van der Waals surface area contributed by atoms with Crippen molar-refractivity contribution in [2.24, 2.45) is 5.92 Å². The van der Waals surface area contributed by atoms with E-state index in [2.05, 4.69) is 17.5 Å². The number of likely N-dealkylation sites (N-methyl/N-ethyl adjacent to an activating group) is 1. The van der Waals surface area contributed by atoms with Crippen LogP contribution in [0.2, 0.25) is 0 Å². The summed E-state index contributed by atoms with van der Waals surface area (Å²) in [5, 5.41) is 10.9. The maximum atomic E-state index is 12.8. The zero-order chi connectivity index (χ0) is 21.8. The molecule has 3 rings (SSSR count). The van der Waals surface area contributed by atoms with Crippen LogP contribution in [0.3, 0.4) is 0 Å². The lowest BCUT2D eigenvalue weighted by atomic mass is 10.1. The lowest BCUT2D eigenvalue weighted by Crippen LogP contribution is -2.43. The Labute approximate surface area is 181 Å². The van der Waals surface area contributed by atoms with Crippen LogP contribution in [0.15, 0.2) is 24.3 Å². The summed E-state index contributed by atoms with van der Waals surface area (Å²) in [5.41, 5.74) is 0.680. The quantitative estimate of drug-likeness (QED) is 0.416. The Morgan fingerprint density at radius 3 is 2.60 bits per heavy atom. The molecule has 2 saturated heterocycles. The fourth-order valence-corrected chi connectivity index (χ4v) is 4.54. The second-order valence-corrected chi connectivity index (χ2v) is 8.87. The highest BCUT2D eigenvalue weighted by Crippen LogP contribution is 2.25. The van der Waals surface area contributed by atoms with Gasteiger partial charge in [-0.05, 0) is 43.5 Å². The van der Waals surface area contributed by atoms with Gasteiger partial charge in [0.1, 0.15) is 6.61 Å². The summed E-state index contributed by atoms with van der Waals surface area (Å²) in [6.45, 7) is 2.73. The molecule has 0 saturated carbocycles. The van der Waals surface area contributed by atoms with E-state index in [1.807, 2.05) is 11.9 Å². The van der Waals surface area contributed by atoms with Crippen LogP contribution in [0, 0.1) is 16.0 Å². The van der Waals surface area contributed by atoms with Gasteiger partial charge in [0.2, 0.25) is 5.91 Å². The van der Waals surface area contributed by atoms with Crippen molar-refractivity contribution < 1.29 is 19.2 Å². The number of nitrogens with zero attached hydrogens (tertiary/aromatic N) is 4. The summed E-state index contributed by atoms with van der Waals surface area (Å²) < 4.78 is 5.30. The number of hydrogen-bond donors (Lipinski definition) is 1. The average Bonchev–Trinajstić information content (AvgIpc) is 3.31. The topological polar surface area (TPSA) is 96.2 Å². The molecule has 9 nitrogen and oxygen atoms in total. The van der Waals surface area contributed by atoms with Crippen LogP contribution in [0.5, 0.6) is 0 Å². The Morgan fingerprint density at radius 2 is 2.00 bits per heavy atom. The van der Waals surface area contributed by atoms with Crippen LogP contribution in [0.25, 0.3) is 0 Å². The molecule has 3 atom stereocenters. The number of carbonyl (C=O) groups excluding carboxylic acids is 2. The Kier molecular flexibility index (Phi) is 7.19. The molecular formula is C20H28N4O5S. The van der Waals surface area contributed by atoms with Gasteiger partial charge >= 0.3 is 6.09 Å². The van der Waals surface area contributed by atoms with Crippen LogP contribution in [-0.4, -0.2) is 83.2 Å². The molecule has 0 aliphatic carbocycles. The Balaban J connectivity index is 1.43. The number of nitro groups is 1. The number of hydrogen-bond acceptors (Lipinski definition) is 7. The smallest absolute Gasteiger partial charge is 0.409 e. The van der Waals surface area contributed by atoms with Gasteiger partial charge in [-0.25, -0.2) is 4.79 Å². The number of ether oxygens (including phenoxy) is 1. The standard InChI is InChI=1S/C20H28N4O5S/c1-21-12-17(30)9-18(21)19(25)23-8-7-15(11-23)10-22(2)20(26)29-13-14-3-5-16(6-4-14)24(27)28/h3-6,15,17-18,30H,7-13H2,1-2H3/t15-,17-,18-/m0/s1. The molecule has 0 radical (unpaired) electrons. The van der Waals surface area contributed by atoms with E-state index in [0.717, 1.165) is 19.4 Å². The van der Waals surface area contributed by atoms with Crippen LogP contribution >= 0.6 is 12.6 Å². The van der Waals surface area contributed by atoms with Crippen molar-refractivity contribution in [3.8, 4) is 0 Å². The maximum absolute atomic E-state index is 12.8. The van der Waals surface area contributed by atoms with Crippen LogP contribution in [0.1, 0.15) is 18.4 Å². The van der Waals surface area contributed by atoms with Crippen molar-refractivity contribution in [3.05, 3.63) is 39.9 Å². The van der Waals surface area contributed by atoms with Gasteiger partial charge in [-0.15, -0.1) is 0 Å². The lowest BCUT2D eigenvalue weighted by Gasteiger charge is -2.25. The van der Waals surface area contributed by atoms with Crippen molar-refractivity contribution in [3.63, 3.8) is 0 Å². The SMILES string of the molecule is CN(C[C@@H]1CCN(C(=O)[C@@H]2C[C@H](S)CN2C)C1)C(=O)OCc1ccc([N+](=O)[O-])cc1. The number of rotatable bonds is 6. The van der Waals surface area contributed by atoms with Crippen LogP contribution < -0.4 is 0 Å². The lowest BCUT2D eigenvalue weighted by molar-refractivity contribution is -0.384. The second-order valence-electron chi connectivity index (χ2n) is 8.14. The number of non-ortho nitro benzene ring substituents is 1. The van der Waals surface area contributed by atoms with Gasteiger partial charge in [0.25, 0.3) is 5.69 Å². The van der Waals surface area contributed by atoms with Crippen molar-refractivity contribution in [2.75, 3.05) is 40.3 Å². The fourth-order valence-electron chi connectivity index (χ4n) is 4.08. The molecular weight excluding hydrogens is 408 g/mol. The van der Waals surface area contributed by atoms with E-state index in [1.165, 1.54) is 17.0 Å². The summed E-state index contributed by atoms with van der Waals surface area (Å²) in [4.78, 5) is 40.8. The molecule has 0 bridgehead atoms. The minimum absolute atomic E-state index is 0.00350. The molecule has 164 valence electrons. The van der Waals surface area contributed by atoms with Crippen molar-refractivity contribution in [1.82, 2.24) is 14.7 Å². The summed E-state index contributed by atoms with van der Waals surface area (Å²) in [7, 11) is 3.64. The molecule has 2 aliphatic heterocycles. The van der Waals surface area contributed by atoms with Crippen LogP contribution in [-0.2, 0) is 16.1 Å². The molecule has 0 unspecified atom stereocenters. The van der Waals surface area contributed by atoms with E-state index >= 15 is 0 Å². The minimum atomic E-state index is -0.472. The second kappa shape index (κ2) is 9.65. The number of amides is 2. The predicted octanol–water partition coefficient (Wildman–Crippen LogP) is 2.01. The van der Waals surface area contributed by atoms with Gasteiger partial charge in [-0.1, -0.05) is 0 Å². The van der Waals surface area contributed by atoms with Gasteiger partial charge < -0.3 is 14.5 Å². The molecule has 10 heteroatoms. The van der Waals surface area contributed by atoms with Crippen molar-refractivity contribution >= 4 is 30.3 Å². The van der Waals surface area contributed by atoms with Crippen molar-refractivity contribution in [1.29, 1.82) is 0 Å². The molecule has 0 spiro atoms. The summed E-state index contributed by atoms with van der Waals surface area (Å²) in [6.07, 6.45) is 1.17. The summed E-state index contributed by atoms with van der Waals surface area (Å²) in [6, 6.07) is 5.81. The fraction of sp³-hybridized carbons (Fsp3) is 0.600.